The molecule has 0 aromatic heterocycles. The zero-order chi connectivity index (χ0) is 14.5. The van der Waals surface area contributed by atoms with E-state index in [9.17, 15) is 9.59 Å². The van der Waals surface area contributed by atoms with Gasteiger partial charge in [-0.2, -0.15) is 0 Å². The van der Waals surface area contributed by atoms with E-state index in [1.807, 2.05) is 9.80 Å². The Morgan fingerprint density at radius 2 is 1.60 bits per heavy atom. The van der Waals surface area contributed by atoms with E-state index in [2.05, 4.69) is 6.92 Å². The quantitative estimate of drug-likeness (QED) is 0.842. The molecule has 2 aliphatic heterocycles. The van der Waals surface area contributed by atoms with E-state index in [1.165, 1.54) is 12.8 Å². The summed E-state index contributed by atoms with van der Waals surface area (Å²) in [6.45, 7) is 5.51. The first-order valence-corrected chi connectivity index (χ1v) is 7.85. The van der Waals surface area contributed by atoms with Gasteiger partial charge in [-0.25, -0.2) is 4.79 Å². The van der Waals surface area contributed by atoms with Crippen LogP contribution in [0.4, 0.5) is 4.79 Å². The average Bonchev–Trinajstić information content (AvgIpc) is 3.05. The Bertz CT molecular complexity index is 359. The molecule has 0 bridgehead atoms. The summed E-state index contributed by atoms with van der Waals surface area (Å²) in [4.78, 5) is 26.9. The van der Waals surface area contributed by atoms with Crippen LogP contribution in [0.5, 0.6) is 0 Å². The van der Waals surface area contributed by atoms with Crippen LogP contribution in [0.1, 0.15) is 45.4 Å². The van der Waals surface area contributed by atoms with Crippen molar-refractivity contribution < 1.29 is 14.7 Å². The topological polar surface area (TPSA) is 60.9 Å². The van der Waals surface area contributed by atoms with Crippen molar-refractivity contribution in [3.63, 3.8) is 0 Å². The minimum atomic E-state index is -0.739. The fourth-order valence-electron chi connectivity index (χ4n) is 3.42. The van der Waals surface area contributed by atoms with E-state index in [4.69, 9.17) is 5.11 Å². The summed E-state index contributed by atoms with van der Waals surface area (Å²) in [6, 6.07) is 0.168. The van der Waals surface area contributed by atoms with Crippen LogP contribution >= 0.6 is 0 Å². The van der Waals surface area contributed by atoms with E-state index in [1.54, 1.807) is 0 Å². The molecule has 2 amide bonds. The van der Waals surface area contributed by atoms with Gasteiger partial charge in [0.1, 0.15) is 0 Å². The van der Waals surface area contributed by atoms with E-state index >= 15 is 0 Å². The van der Waals surface area contributed by atoms with Crippen LogP contribution in [-0.4, -0.2) is 53.1 Å². The molecule has 2 rings (SSSR count). The molecule has 0 aromatic carbocycles. The Kier molecular flexibility index (Phi) is 5.26. The Morgan fingerprint density at radius 3 is 2.10 bits per heavy atom. The zero-order valence-electron chi connectivity index (χ0n) is 12.4. The van der Waals surface area contributed by atoms with Gasteiger partial charge in [0.25, 0.3) is 0 Å². The van der Waals surface area contributed by atoms with Crippen molar-refractivity contribution in [1.29, 1.82) is 0 Å². The Labute approximate surface area is 120 Å². The lowest BCUT2D eigenvalue weighted by Crippen LogP contribution is -2.40. The summed E-state index contributed by atoms with van der Waals surface area (Å²) in [5.74, 6) is 0.301. The number of nitrogens with zero attached hydrogens (tertiary/aromatic N) is 2. The molecule has 114 valence electrons. The third-order valence-electron chi connectivity index (χ3n) is 4.58. The van der Waals surface area contributed by atoms with Crippen LogP contribution in [0.15, 0.2) is 0 Å². The number of hydrogen-bond acceptors (Lipinski definition) is 2. The van der Waals surface area contributed by atoms with Crippen molar-refractivity contribution in [2.75, 3.05) is 26.2 Å². The molecule has 2 unspecified atom stereocenters. The Morgan fingerprint density at radius 1 is 1.05 bits per heavy atom. The molecule has 2 saturated heterocycles. The number of hydrogen-bond donors (Lipinski definition) is 1. The van der Waals surface area contributed by atoms with Crippen molar-refractivity contribution >= 4 is 12.0 Å². The molecule has 0 aromatic rings. The number of amides is 2. The fraction of sp³-hybridized carbons (Fsp3) is 0.867. The molecule has 2 atom stereocenters. The van der Waals surface area contributed by atoms with Gasteiger partial charge in [-0.1, -0.05) is 13.3 Å². The van der Waals surface area contributed by atoms with Crippen molar-refractivity contribution in [2.24, 2.45) is 11.8 Å². The third-order valence-corrected chi connectivity index (χ3v) is 4.58. The van der Waals surface area contributed by atoms with Crippen LogP contribution in [0.3, 0.4) is 0 Å². The fourth-order valence-corrected chi connectivity index (χ4v) is 3.42. The number of rotatable bonds is 5. The summed E-state index contributed by atoms with van der Waals surface area (Å²) in [7, 11) is 0. The monoisotopic (exact) mass is 282 g/mol. The molecule has 2 heterocycles. The predicted molar refractivity (Wildman–Crippen MR) is 76.5 cm³/mol. The SMILES string of the molecule is CCCC1CCN(C(=O)N2CCC(CCC(=O)O)C2)C1. The maximum atomic E-state index is 12.4. The molecule has 0 spiro atoms. The van der Waals surface area contributed by atoms with Crippen LogP contribution in [0.25, 0.3) is 0 Å². The molecule has 0 radical (unpaired) electrons. The second-order valence-corrected chi connectivity index (χ2v) is 6.21. The van der Waals surface area contributed by atoms with Gasteiger partial charge in [-0.05, 0) is 37.5 Å². The average molecular weight is 282 g/mol. The van der Waals surface area contributed by atoms with Crippen LogP contribution in [0, 0.1) is 11.8 Å². The van der Waals surface area contributed by atoms with Crippen molar-refractivity contribution in [2.45, 2.75) is 45.4 Å². The first kappa shape index (κ1) is 15.1. The van der Waals surface area contributed by atoms with Crippen molar-refractivity contribution in [1.82, 2.24) is 9.80 Å². The normalized spacial score (nSPS) is 26.2. The number of likely N-dealkylation sites (tertiary alicyclic amines) is 2. The van der Waals surface area contributed by atoms with Gasteiger partial charge in [-0.3, -0.25) is 4.79 Å². The molecule has 0 saturated carbocycles. The molecule has 20 heavy (non-hydrogen) atoms. The van der Waals surface area contributed by atoms with Gasteiger partial charge >= 0.3 is 12.0 Å². The second-order valence-electron chi connectivity index (χ2n) is 6.21. The van der Waals surface area contributed by atoms with E-state index < -0.39 is 5.97 Å². The van der Waals surface area contributed by atoms with E-state index in [0.717, 1.165) is 39.0 Å². The zero-order valence-corrected chi connectivity index (χ0v) is 12.4. The highest BCUT2D eigenvalue weighted by Crippen LogP contribution is 2.26. The van der Waals surface area contributed by atoms with E-state index in [0.29, 0.717) is 18.3 Å². The van der Waals surface area contributed by atoms with Gasteiger partial charge in [0.15, 0.2) is 0 Å². The summed E-state index contributed by atoms with van der Waals surface area (Å²) in [6.07, 6.45) is 5.40. The highest BCUT2D eigenvalue weighted by Gasteiger charge is 2.32. The number of carboxylic acid groups (broad SMARTS) is 1. The van der Waals surface area contributed by atoms with Crippen LogP contribution < -0.4 is 0 Å². The highest BCUT2D eigenvalue weighted by atomic mass is 16.4. The lowest BCUT2D eigenvalue weighted by atomic mass is 10.0. The predicted octanol–water partition coefficient (Wildman–Crippen LogP) is 2.42. The minimum absolute atomic E-state index is 0.168. The molecule has 2 fully saturated rings. The van der Waals surface area contributed by atoms with Gasteiger partial charge in [0.2, 0.25) is 0 Å². The molecule has 5 nitrogen and oxygen atoms in total. The summed E-state index contributed by atoms with van der Waals surface area (Å²) in [5.41, 5.74) is 0. The van der Waals surface area contributed by atoms with Gasteiger partial charge in [0, 0.05) is 32.6 Å². The second kappa shape index (κ2) is 6.95. The molecule has 5 heteroatoms. The first-order valence-electron chi connectivity index (χ1n) is 7.85. The van der Waals surface area contributed by atoms with Gasteiger partial charge in [0.05, 0.1) is 0 Å². The maximum absolute atomic E-state index is 12.4. The van der Waals surface area contributed by atoms with Crippen LogP contribution in [-0.2, 0) is 4.79 Å². The summed E-state index contributed by atoms with van der Waals surface area (Å²) < 4.78 is 0. The lowest BCUT2D eigenvalue weighted by Gasteiger charge is -2.24. The lowest BCUT2D eigenvalue weighted by molar-refractivity contribution is -0.137. The number of carbonyl (C=O) groups is 2. The molecule has 0 aliphatic carbocycles. The number of carbonyl (C=O) groups excluding carboxylic acids is 1. The third kappa shape index (κ3) is 3.87. The van der Waals surface area contributed by atoms with Gasteiger partial charge < -0.3 is 14.9 Å². The van der Waals surface area contributed by atoms with Crippen LogP contribution in [0.2, 0.25) is 0 Å². The maximum Gasteiger partial charge on any atom is 0.320 e. The van der Waals surface area contributed by atoms with Gasteiger partial charge in [-0.15, -0.1) is 0 Å². The van der Waals surface area contributed by atoms with E-state index in [-0.39, 0.29) is 12.5 Å². The minimum Gasteiger partial charge on any atom is -0.481 e. The van der Waals surface area contributed by atoms with Crippen molar-refractivity contribution in [3.8, 4) is 0 Å². The Balaban J connectivity index is 1.75. The Hall–Kier alpha value is -1.26. The molecular formula is C15H26N2O3. The number of carboxylic acids is 1. The molecular weight excluding hydrogens is 256 g/mol. The smallest absolute Gasteiger partial charge is 0.320 e. The number of urea groups is 1. The summed E-state index contributed by atoms with van der Waals surface area (Å²) in [5, 5.41) is 8.71. The largest absolute Gasteiger partial charge is 0.481 e. The highest BCUT2D eigenvalue weighted by molar-refractivity contribution is 5.75. The number of aliphatic carboxylic acids is 1. The van der Waals surface area contributed by atoms with Crippen molar-refractivity contribution in [3.05, 3.63) is 0 Å². The molecule has 2 aliphatic rings. The standard InChI is InChI=1S/C15H26N2O3/c1-2-3-12-6-8-16(10-12)15(20)17-9-7-13(11-17)4-5-14(18)19/h12-13H,2-11H2,1H3,(H,18,19). The molecule has 1 N–H and O–H groups in total. The summed E-state index contributed by atoms with van der Waals surface area (Å²) >= 11 is 0. The first-order chi connectivity index (χ1) is 9.60.